The van der Waals surface area contributed by atoms with Gasteiger partial charge in [-0.1, -0.05) is 30.3 Å². The number of para-hydroxylation sites is 2. The maximum Gasteiger partial charge on any atom is 0.410 e. The van der Waals surface area contributed by atoms with Gasteiger partial charge in [0.05, 0.1) is 17.4 Å². The molecule has 1 N–H and O–H groups in total. The zero-order valence-electron chi connectivity index (χ0n) is 19.7. The molecule has 0 atom stereocenters. The van der Waals surface area contributed by atoms with Crippen LogP contribution < -0.4 is 10.9 Å². The highest BCUT2D eigenvalue weighted by Gasteiger charge is 2.22. The maximum atomic E-state index is 12.9. The van der Waals surface area contributed by atoms with Gasteiger partial charge in [-0.15, -0.1) is 0 Å². The molecule has 8 heteroatoms. The number of carbonyl (C=O) groups excluding carboxylic acids is 2. The SMILES string of the molecule is CCN(Cc1ccccc1NC(=O)Cn1c(C)nc2ccccc2c1=O)C(=O)OC(C)(C)C. The first-order valence-corrected chi connectivity index (χ1v) is 10.9. The summed E-state index contributed by atoms with van der Waals surface area (Å²) in [5.41, 5.74) is 1.08. The van der Waals surface area contributed by atoms with Crippen molar-refractivity contribution in [2.24, 2.45) is 0 Å². The number of benzene rings is 2. The summed E-state index contributed by atoms with van der Waals surface area (Å²) in [6, 6.07) is 14.3. The fourth-order valence-corrected chi connectivity index (χ4v) is 3.42. The van der Waals surface area contributed by atoms with Gasteiger partial charge in [0.2, 0.25) is 5.91 Å². The molecule has 33 heavy (non-hydrogen) atoms. The predicted octanol–water partition coefficient (Wildman–Crippen LogP) is 4.10. The van der Waals surface area contributed by atoms with Crippen LogP contribution >= 0.6 is 0 Å². The summed E-state index contributed by atoms with van der Waals surface area (Å²) < 4.78 is 6.84. The molecule has 0 aliphatic carbocycles. The predicted molar refractivity (Wildman–Crippen MR) is 128 cm³/mol. The summed E-state index contributed by atoms with van der Waals surface area (Å²) in [7, 11) is 0. The zero-order chi connectivity index (χ0) is 24.2. The lowest BCUT2D eigenvalue weighted by atomic mass is 10.1. The second-order valence-electron chi connectivity index (χ2n) is 8.77. The molecule has 8 nitrogen and oxygen atoms in total. The molecule has 0 unspecified atom stereocenters. The van der Waals surface area contributed by atoms with Gasteiger partial charge in [0, 0.05) is 12.2 Å². The van der Waals surface area contributed by atoms with Crippen LogP contribution in [-0.2, 0) is 22.6 Å². The van der Waals surface area contributed by atoms with Crippen LogP contribution in [0.3, 0.4) is 0 Å². The number of aryl methyl sites for hydroxylation is 1. The maximum absolute atomic E-state index is 12.9. The Kier molecular flexibility index (Phi) is 7.16. The lowest BCUT2D eigenvalue weighted by Gasteiger charge is -2.27. The number of rotatable bonds is 6. The van der Waals surface area contributed by atoms with Gasteiger partial charge in [-0.3, -0.25) is 14.2 Å². The van der Waals surface area contributed by atoms with Crippen molar-refractivity contribution in [3.63, 3.8) is 0 Å². The first kappa shape index (κ1) is 24.0. The molecule has 2 aromatic carbocycles. The van der Waals surface area contributed by atoms with Crippen molar-refractivity contribution in [2.75, 3.05) is 11.9 Å². The van der Waals surface area contributed by atoms with E-state index in [-0.39, 0.29) is 24.6 Å². The summed E-state index contributed by atoms with van der Waals surface area (Å²) in [6.45, 7) is 9.59. The average molecular weight is 451 g/mol. The molecule has 0 bridgehead atoms. The summed E-state index contributed by atoms with van der Waals surface area (Å²) in [5, 5.41) is 3.34. The van der Waals surface area contributed by atoms with E-state index in [4.69, 9.17) is 4.74 Å². The third-order valence-corrected chi connectivity index (χ3v) is 5.04. The van der Waals surface area contributed by atoms with Gasteiger partial charge in [-0.05, 0) is 58.4 Å². The lowest BCUT2D eigenvalue weighted by Crippen LogP contribution is -2.36. The fraction of sp³-hybridized carbons (Fsp3) is 0.360. The van der Waals surface area contributed by atoms with Crippen LogP contribution in [0.1, 0.15) is 39.1 Å². The van der Waals surface area contributed by atoms with Crippen molar-refractivity contribution in [1.29, 1.82) is 0 Å². The Morgan fingerprint density at radius 2 is 1.76 bits per heavy atom. The van der Waals surface area contributed by atoms with Gasteiger partial charge in [0.25, 0.3) is 5.56 Å². The molecule has 174 valence electrons. The van der Waals surface area contributed by atoms with Crippen LogP contribution in [0.5, 0.6) is 0 Å². The summed E-state index contributed by atoms with van der Waals surface area (Å²) in [4.78, 5) is 44.2. The molecule has 0 spiro atoms. The summed E-state index contributed by atoms with van der Waals surface area (Å²) in [5.74, 6) is 0.106. The van der Waals surface area contributed by atoms with E-state index >= 15 is 0 Å². The number of carbonyl (C=O) groups is 2. The number of nitrogens with one attached hydrogen (secondary N) is 1. The second kappa shape index (κ2) is 9.85. The summed E-state index contributed by atoms with van der Waals surface area (Å²) >= 11 is 0. The van der Waals surface area contributed by atoms with Crippen molar-refractivity contribution >= 4 is 28.6 Å². The van der Waals surface area contributed by atoms with Crippen molar-refractivity contribution in [1.82, 2.24) is 14.5 Å². The topological polar surface area (TPSA) is 93.5 Å². The van der Waals surface area contributed by atoms with Gasteiger partial charge in [-0.25, -0.2) is 9.78 Å². The zero-order valence-corrected chi connectivity index (χ0v) is 19.7. The Balaban J connectivity index is 1.79. The number of fused-ring (bicyclic) bond motifs is 1. The van der Waals surface area contributed by atoms with Crippen LogP contribution in [0.15, 0.2) is 53.3 Å². The molecule has 3 rings (SSSR count). The number of anilines is 1. The van der Waals surface area contributed by atoms with E-state index in [9.17, 15) is 14.4 Å². The Labute approximate surface area is 193 Å². The normalized spacial score (nSPS) is 11.3. The number of aromatic nitrogens is 2. The Morgan fingerprint density at radius 1 is 1.09 bits per heavy atom. The minimum Gasteiger partial charge on any atom is -0.444 e. The molecule has 1 heterocycles. The van der Waals surface area contributed by atoms with E-state index < -0.39 is 11.7 Å². The van der Waals surface area contributed by atoms with E-state index in [1.807, 2.05) is 45.9 Å². The van der Waals surface area contributed by atoms with Gasteiger partial charge in [0.15, 0.2) is 0 Å². The fourth-order valence-electron chi connectivity index (χ4n) is 3.42. The molecule has 0 aliphatic heterocycles. The molecular formula is C25H30N4O4. The largest absolute Gasteiger partial charge is 0.444 e. The third-order valence-electron chi connectivity index (χ3n) is 5.04. The van der Waals surface area contributed by atoms with E-state index in [1.54, 1.807) is 42.2 Å². The first-order chi connectivity index (χ1) is 15.6. The van der Waals surface area contributed by atoms with Crippen molar-refractivity contribution < 1.29 is 14.3 Å². The monoisotopic (exact) mass is 450 g/mol. The molecule has 1 aromatic heterocycles. The molecule has 0 saturated heterocycles. The highest BCUT2D eigenvalue weighted by Crippen LogP contribution is 2.19. The molecule has 0 radical (unpaired) electrons. The van der Waals surface area contributed by atoms with Gasteiger partial charge in [-0.2, -0.15) is 0 Å². The van der Waals surface area contributed by atoms with Crippen LogP contribution in [0.25, 0.3) is 10.9 Å². The van der Waals surface area contributed by atoms with E-state index in [2.05, 4.69) is 10.3 Å². The number of nitrogens with zero attached hydrogens (tertiary/aromatic N) is 3. The quantitative estimate of drug-likeness (QED) is 0.610. The van der Waals surface area contributed by atoms with Crippen molar-refractivity contribution in [3.05, 3.63) is 70.3 Å². The number of ether oxygens (including phenoxy) is 1. The second-order valence-corrected chi connectivity index (χ2v) is 8.77. The van der Waals surface area contributed by atoms with E-state index in [1.165, 1.54) is 4.57 Å². The molecule has 0 aliphatic rings. The minimum atomic E-state index is -0.600. The highest BCUT2D eigenvalue weighted by atomic mass is 16.6. The number of hydrogen-bond acceptors (Lipinski definition) is 5. The van der Waals surface area contributed by atoms with E-state index in [0.29, 0.717) is 29.0 Å². The molecule has 0 fully saturated rings. The third kappa shape index (κ3) is 5.97. The standard InChI is InChI=1S/C25H30N4O4/c1-6-28(24(32)33-25(3,4)5)15-18-11-7-9-13-20(18)27-22(30)16-29-17(2)26-21-14-10-8-12-19(21)23(29)31/h7-14H,6,15-16H2,1-5H3,(H,27,30). The molecule has 2 amide bonds. The van der Waals surface area contributed by atoms with Gasteiger partial charge < -0.3 is 15.0 Å². The molecular weight excluding hydrogens is 420 g/mol. The molecule has 3 aromatic rings. The van der Waals surface area contributed by atoms with Crippen LogP contribution in [0, 0.1) is 6.92 Å². The Hall–Kier alpha value is -3.68. The van der Waals surface area contributed by atoms with Crippen molar-refractivity contribution in [2.45, 2.75) is 53.3 Å². The van der Waals surface area contributed by atoms with E-state index in [0.717, 1.165) is 5.56 Å². The Bertz CT molecular complexity index is 1230. The van der Waals surface area contributed by atoms with Gasteiger partial charge in [0.1, 0.15) is 18.0 Å². The highest BCUT2D eigenvalue weighted by molar-refractivity contribution is 5.91. The Morgan fingerprint density at radius 3 is 2.45 bits per heavy atom. The van der Waals surface area contributed by atoms with Crippen LogP contribution in [0.4, 0.5) is 10.5 Å². The smallest absolute Gasteiger partial charge is 0.410 e. The lowest BCUT2D eigenvalue weighted by molar-refractivity contribution is -0.116. The number of hydrogen-bond donors (Lipinski definition) is 1. The minimum absolute atomic E-state index is 0.166. The first-order valence-electron chi connectivity index (χ1n) is 10.9. The van der Waals surface area contributed by atoms with Gasteiger partial charge >= 0.3 is 6.09 Å². The molecule has 0 saturated carbocycles. The summed E-state index contributed by atoms with van der Waals surface area (Å²) in [6.07, 6.45) is -0.421. The average Bonchev–Trinajstić information content (AvgIpc) is 2.74. The van der Waals surface area contributed by atoms with Crippen LogP contribution in [-0.4, -0.2) is 38.6 Å². The van der Waals surface area contributed by atoms with Crippen molar-refractivity contribution in [3.8, 4) is 0 Å². The van der Waals surface area contributed by atoms with Crippen LogP contribution in [0.2, 0.25) is 0 Å². The number of amides is 2.